The second-order valence-electron chi connectivity index (χ2n) is 19.5. The second-order valence-corrected chi connectivity index (χ2v) is 19.5. The molecule has 0 aliphatic rings. The zero-order valence-corrected chi connectivity index (χ0v) is 41.1. The van der Waals surface area contributed by atoms with Gasteiger partial charge < -0.3 is 14.2 Å². The summed E-state index contributed by atoms with van der Waals surface area (Å²) >= 11 is 0. The molecule has 0 saturated heterocycles. The van der Waals surface area contributed by atoms with E-state index < -0.39 is 6.10 Å². The third-order valence-electron chi connectivity index (χ3n) is 12.2. The first-order chi connectivity index (χ1) is 29.2. The average molecular weight is 849 g/mol. The lowest BCUT2D eigenvalue weighted by molar-refractivity contribution is -0.167. The molecule has 0 aromatic carbocycles. The fourth-order valence-electron chi connectivity index (χ4n) is 8.17. The summed E-state index contributed by atoms with van der Waals surface area (Å²) in [5.41, 5.74) is 0. The lowest BCUT2D eigenvalue weighted by Crippen LogP contribution is -2.30. The van der Waals surface area contributed by atoms with E-state index in [9.17, 15) is 14.4 Å². The number of carbonyl (C=O) groups excluding carboxylic acids is 3. The van der Waals surface area contributed by atoms with Crippen molar-refractivity contribution >= 4 is 17.9 Å². The number of esters is 3. The van der Waals surface area contributed by atoms with Crippen LogP contribution < -0.4 is 0 Å². The Balaban J connectivity index is 4.17. The Kier molecular flexibility index (Phi) is 45.7. The topological polar surface area (TPSA) is 78.9 Å². The zero-order chi connectivity index (χ0) is 44.0. The third kappa shape index (κ3) is 47.5. The molecule has 60 heavy (non-hydrogen) atoms. The van der Waals surface area contributed by atoms with Crippen LogP contribution in [0.15, 0.2) is 0 Å². The highest BCUT2D eigenvalue weighted by Crippen LogP contribution is 2.18. The number of rotatable bonds is 48. The van der Waals surface area contributed by atoms with Crippen LogP contribution in [0.4, 0.5) is 0 Å². The molecule has 0 aliphatic heterocycles. The highest BCUT2D eigenvalue weighted by atomic mass is 16.6. The summed E-state index contributed by atoms with van der Waals surface area (Å²) in [6.07, 6.45) is 48.2. The van der Waals surface area contributed by atoms with Gasteiger partial charge in [0.15, 0.2) is 6.10 Å². The Morgan fingerprint density at radius 3 is 0.817 bits per heavy atom. The van der Waals surface area contributed by atoms with E-state index in [1.165, 1.54) is 186 Å². The molecule has 0 saturated carbocycles. The van der Waals surface area contributed by atoms with Gasteiger partial charge in [0.05, 0.1) is 0 Å². The maximum Gasteiger partial charge on any atom is 0.306 e. The number of carbonyl (C=O) groups is 3. The predicted octanol–water partition coefficient (Wildman–Crippen LogP) is 17.3. The molecule has 0 rings (SSSR count). The van der Waals surface area contributed by atoms with Gasteiger partial charge in [-0.15, -0.1) is 0 Å². The number of hydrogen-bond acceptors (Lipinski definition) is 6. The molecule has 356 valence electrons. The van der Waals surface area contributed by atoms with Crippen LogP contribution in [-0.4, -0.2) is 37.2 Å². The first-order valence-corrected chi connectivity index (χ1v) is 26.7. The first-order valence-electron chi connectivity index (χ1n) is 26.7. The molecule has 0 aromatic heterocycles. The lowest BCUT2D eigenvalue weighted by atomic mass is 10.0. The van der Waals surface area contributed by atoms with Crippen molar-refractivity contribution in [1.29, 1.82) is 0 Å². The van der Waals surface area contributed by atoms with Crippen LogP contribution in [0.25, 0.3) is 0 Å². The van der Waals surface area contributed by atoms with Gasteiger partial charge in [-0.2, -0.15) is 0 Å². The van der Waals surface area contributed by atoms with E-state index in [4.69, 9.17) is 14.2 Å². The largest absolute Gasteiger partial charge is 0.462 e. The van der Waals surface area contributed by atoms with E-state index in [-0.39, 0.29) is 31.1 Å². The average Bonchev–Trinajstić information content (AvgIpc) is 3.22. The molecule has 0 radical (unpaired) electrons. The zero-order valence-electron chi connectivity index (χ0n) is 41.1. The lowest BCUT2D eigenvalue weighted by Gasteiger charge is -2.18. The molecular formula is C54H104O6. The van der Waals surface area contributed by atoms with E-state index >= 15 is 0 Å². The Bertz CT molecular complexity index is 916. The van der Waals surface area contributed by atoms with Gasteiger partial charge in [-0.1, -0.05) is 259 Å². The Hall–Kier alpha value is -1.59. The predicted molar refractivity (Wildman–Crippen MR) is 256 cm³/mol. The van der Waals surface area contributed by atoms with Crippen molar-refractivity contribution < 1.29 is 28.6 Å². The minimum atomic E-state index is -0.761. The SMILES string of the molecule is CCCCCCCCCCCC(=O)OC[C@H](COC(=O)CCCCCCCCCCCCCCCCCCCCC(C)C)OC(=O)CCCCCCCCCCCC(C)C. The van der Waals surface area contributed by atoms with Gasteiger partial charge in [-0.25, -0.2) is 0 Å². The molecule has 0 fully saturated rings. The van der Waals surface area contributed by atoms with Gasteiger partial charge >= 0.3 is 17.9 Å². The molecule has 1 atom stereocenters. The standard InChI is InChI=1S/C54H104O6/c1-6-7-8-9-10-22-29-34-39-44-52(55)58-47-51(60-54(57)46-41-36-31-26-21-24-28-33-38-43-50(4)5)48-59-53(56)45-40-35-30-25-20-18-16-14-12-11-13-15-17-19-23-27-32-37-42-49(2)3/h49-51H,6-48H2,1-5H3/t51-/m1/s1. The quantitative estimate of drug-likeness (QED) is 0.0345. The van der Waals surface area contributed by atoms with Gasteiger partial charge in [-0.05, 0) is 31.1 Å². The molecule has 6 nitrogen and oxygen atoms in total. The highest BCUT2D eigenvalue weighted by molar-refractivity contribution is 5.71. The van der Waals surface area contributed by atoms with Crippen LogP contribution in [0.2, 0.25) is 0 Å². The van der Waals surface area contributed by atoms with Crippen molar-refractivity contribution in [2.75, 3.05) is 13.2 Å². The summed E-state index contributed by atoms with van der Waals surface area (Å²) in [7, 11) is 0. The third-order valence-corrected chi connectivity index (χ3v) is 12.2. The fourth-order valence-corrected chi connectivity index (χ4v) is 8.17. The van der Waals surface area contributed by atoms with Gasteiger partial charge in [0.25, 0.3) is 0 Å². The molecule has 0 aromatic rings. The Labute approximate surface area is 374 Å². The number of hydrogen-bond donors (Lipinski definition) is 0. The Morgan fingerprint density at radius 1 is 0.317 bits per heavy atom. The number of unbranched alkanes of at least 4 members (excludes halogenated alkanes) is 33. The Morgan fingerprint density at radius 2 is 0.550 bits per heavy atom. The maximum absolute atomic E-state index is 12.8. The number of ether oxygens (including phenoxy) is 3. The van der Waals surface area contributed by atoms with Crippen LogP contribution in [0.1, 0.15) is 298 Å². The highest BCUT2D eigenvalue weighted by Gasteiger charge is 2.19. The molecule has 0 N–H and O–H groups in total. The summed E-state index contributed by atoms with van der Waals surface area (Å²) in [5.74, 6) is 0.815. The summed E-state index contributed by atoms with van der Waals surface area (Å²) < 4.78 is 16.8. The van der Waals surface area contributed by atoms with Crippen LogP contribution in [-0.2, 0) is 28.6 Å². The van der Waals surface area contributed by atoms with E-state index in [0.717, 1.165) is 69.6 Å². The van der Waals surface area contributed by atoms with Gasteiger partial charge in [0, 0.05) is 19.3 Å². The van der Waals surface area contributed by atoms with Crippen LogP contribution in [0.3, 0.4) is 0 Å². The van der Waals surface area contributed by atoms with Crippen molar-refractivity contribution in [2.45, 2.75) is 304 Å². The monoisotopic (exact) mass is 849 g/mol. The van der Waals surface area contributed by atoms with Gasteiger partial charge in [0.2, 0.25) is 0 Å². The van der Waals surface area contributed by atoms with Gasteiger partial charge in [0.1, 0.15) is 13.2 Å². The molecule has 0 heterocycles. The van der Waals surface area contributed by atoms with Crippen LogP contribution in [0.5, 0.6) is 0 Å². The molecule has 0 unspecified atom stereocenters. The van der Waals surface area contributed by atoms with Crippen molar-refractivity contribution in [3.63, 3.8) is 0 Å². The van der Waals surface area contributed by atoms with Crippen molar-refractivity contribution in [2.24, 2.45) is 11.8 Å². The van der Waals surface area contributed by atoms with Crippen molar-refractivity contribution in [1.82, 2.24) is 0 Å². The van der Waals surface area contributed by atoms with Gasteiger partial charge in [-0.3, -0.25) is 14.4 Å². The summed E-state index contributed by atoms with van der Waals surface area (Å²) in [6, 6.07) is 0. The van der Waals surface area contributed by atoms with E-state index in [1.807, 2.05) is 0 Å². The maximum atomic E-state index is 12.8. The smallest absolute Gasteiger partial charge is 0.306 e. The van der Waals surface area contributed by atoms with Crippen LogP contribution >= 0.6 is 0 Å². The molecule has 0 bridgehead atoms. The van der Waals surface area contributed by atoms with Crippen molar-refractivity contribution in [3.05, 3.63) is 0 Å². The minimum absolute atomic E-state index is 0.0638. The normalized spacial score (nSPS) is 12.1. The molecular weight excluding hydrogens is 745 g/mol. The minimum Gasteiger partial charge on any atom is -0.462 e. The first kappa shape index (κ1) is 58.4. The van der Waals surface area contributed by atoms with Crippen molar-refractivity contribution in [3.8, 4) is 0 Å². The molecule has 6 heteroatoms. The van der Waals surface area contributed by atoms with E-state index in [0.29, 0.717) is 19.3 Å². The van der Waals surface area contributed by atoms with E-state index in [1.54, 1.807) is 0 Å². The summed E-state index contributed by atoms with van der Waals surface area (Å²) in [6.45, 7) is 11.4. The summed E-state index contributed by atoms with van der Waals surface area (Å²) in [4.78, 5) is 37.9. The molecule has 0 amide bonds. The molecule has 0 aliphatic carbocycles. The second kappa shape index (κ2) is 46.9. The van der Waals surface area contributed by atoms with Crippen LogP contribution in [0, 0.1) is 11.8 Å². The fraction of sp³-hybridized carbons (Fsp3) is 0.944. The molecule has 0 spiro atoms. The van der Waals surface area contributed by atoms with E-state index in [2.05, 4.69) is 34.6 Å². The summed E-state index contributed by atoms with van der Waals surface area (Å²) in [5, 5.41) is 0.